The van der Waals surface area contributed by atoms with Gasteiger partial charge in [0.05, 0.1) is 22.3 Å². The Balaban J connectivity index is 1.77. The minimum absolute atomic E-state index is 0.0176. The molecule has 9 heteroatoms. The Labute approximate surface area is 216 Å². The van der Waals surface area contributed by atoms with Crippen molar-refractivity contribution in [3.05, 3.63) is 87.9 Å². The molecule has 0 fully saturated rings. The van der Waals surface area contributed by atoms with E-state index in [9.17, 15) is 26.7 Å². The second-order valence-corrected chi connectivity index (χ2v) is 10.7. The van der Waals surface area contributed by atoms with Crippen molar-refractivity contribution < 1.29 is 26.7 Å². The third-order valence-electron chi connectivity index (χ3n) is 5.69. The summed E-state index contributed by atoms with van der Waals surface area (Å²) in [7, 11) is 0. The van der Waals surface area contributed by atoms with E-state index < -0.39 is 28.1 Å². The molecule has 3 aromatic carbocycles. The number of halogens is 4. The molecule has 3 rings (SSSR count). The van der Waals surface area contributed by atoms with Gasteiger partial charge in [-0.15, -0.1) is 0 Å². The van der Waals surface area contributed by atoms with Crippen molar-refractivity contribution in [3.63, 3.8) is 0 Å². The molecule has 0 aliphatic rings. The van der Waals surface area contributed by atoms with Crippen LogP contribution in [0.4, 0.5) is 18.9 Å². The maximum atomic E-state index is 13.8. The van der Waals surface area contributed by atoms with E-state index in [-0.39, 0.29) is 34.4 Å². The standard InChI is InChI=1S/C27H27ClF3NO3S/c1-16(2)12-19-6-10-22(24(13-19)27(29,30)31)23-11-9-21(15-25(23)28)32-26(33)14-18-4-7-20(8-5-18)17(3)36(34)35/h4-11,13,15-17H,12,14H2,1-3H3,(H,32,33)(H,34,35). The first-order chi connectivity index (χ1) is 16.8. The molecule has 4 nitrogen and oxygen atoms in total. The smallest absolute Gasteiger partial charge is 0.326 e. The fourth-order valence-corrected chi connectivity index (χ4v) is 4.56. The highest BCUT2D eigenvalue weighted by molar-refractivity contribution is 7.79. The molecule has 0 aliphatic carbocycles. The van der Waals surface area contributed by atoms with Crippen molar-refractivity contribution in [3.8, 4) is 11.1 Å². The molecule has 0 bridgehead atoms. The van der Waals surface area contributed by atoms with Gasteiger partial charge >= 0.3 is 6.18 Å². The van der Waals surface area contributed by atoms with Crippen molar-refractivity contribution in [2.75, 3.05) is 5.32 Å². The van der Waals surface area contributed by atoms with Crippen LogP contribution >= 0.6 is 11.6 Å². The molecule has 0 saturated carbocycles. The molecular formula is C27H27ClF3NO3S. The Morgan fingerprint density at radius 3 is 2.14 bits per heavy atom. The summed E-state index contributed by atoms with van der Waals surface area (Å²) in [5, 5.41) is 2.25. The summed E-state index contributed by atoms with van der Waals surface area (Å²) in [5.41, 5.74) is 1.80. The fraction of sp³-hybridized carbons (Fsp3) is 0.296. The van der Waals surface area contributed by atoms with Gasteiger partial charge in [-0.1, -0.05) is 67.9 Å². The molecule has 0 aromatic heterocycles. The van der Waals surface area contributed by atoms with Crippen molar-refractivity contribution in [1.29, 1.82) is 0 Å². The summed E-state index contributed by atoms with van der Waals surface area (Å²) in [6.07, 6.45) is -3.96. The van der Waals surface area contributed by atoms with E-state index in [1.807, 2.05) is 13.8 Å². The average Bonchev–Trinajstić information content (AvgIpc) is 2.78. The molecule has 3 aromatic rings. The van der Waals surface area contributed by atoms with Crippen LogP contribution in [0.1, 0.15) is 48.3 Å². The van der Waals surface area contributed by atoms with E-state index in [1.54, 1.807) is 37.3 Å². The number of alkyl halides is 3. The molecule has 0 spiro atoms. The lowest BCUT2D eigenvalue weighted by molar-refractivity contribution is -0.137. The van der Waals surface area contributed by atoms with Crippen LogP contribution in [-0.2, 0) is 34.9 Å². The highest BCUT2D eigenvalue weighted by Crippen LogP contribution is 2.41. The number of benzene rings is 3. The fourth-order valence-electron chi connectivity index (χ4n) is 3.88. The zero-order valence-corrected chi connectivity index (χ0v) is 21.6. The monoisotopic (exact) mass is 537 g/mol. The number of hydrogen-bond acceptors (Lipinski definition) is 2. The van der Waals surface area contributed by atoms with Crippen LogP contribution < -0.4 is 5.32 Å². The number of carbonyl (C=O) groups excluding carboxylic acids is 1. The second-order valence-electron chi connectivity index (χ2n) is 9.06. The minimum Gasteiger partial charge on any atom is -0.326 e. The van der Waals surface area contributed by atoms with Gasteiger partial charge < -0.3 is 9.87 Å². The number of carbonyl (C=O) groups is 1. The van der Waals surface area contributed by atoms with Gasteiger partial charge in [0.1, 0.15) is 0 Å². The van der Waals surface area contributed by atoms with Crippen LogP contribution in [0.5, 0.6) is 0 Å². The molecule has 0 saturated heterocycles. The Bertz CT molecular complexity index is 1260. The van der Waals surface area contributed by atoms with Crippen LogP contribution in [0.3, 0.4) is 0 Å². The summed E-state index contributed by atoms with van der Waals surface area (Å²) in [5.74, 6) is -0.115. The largest absolute Gasteiger partial charge is 0.417 e. The SMILES string of the molecule is CC(C)Cc1ccc(-c2ccc(NC(=O)Cc3ccc(C(C)S(=O)O)cc3)cc2Cl)c(C(F)(F)F)c1. The summed E-state index contributed by atoms with van der Waals surface area (Å²) >= 11 is 4.37. The van der Waals surface area contributed by atoms with Crippen LogP contribution in [-0.4, -0.2) is 14.7 Å². The van der Waals surface area contributed by atoms with Gasteiger partial charge in [-0.25, -0.2) is 4.21 Å². The molecule has 192 valence electrons. The molecular weight excluding hydrogens is 511 g/mol. The van der Waals surface area contributed by atoms with Crippen molar-refractivity contribution in [2.45, 2.75) is 45.0 Å². The summed E-state index contributed by atoms with van der Waals surface area (Å²) < 4.78 is 61.9. The lowest BCUT2D eigenvalue weighted by Crippen LogP contribution is -2.14. The van der Waals surface area contributed by atoms with Crippen molar-refractivity contribution in [1.82, 2.24) is 0 Å². The van der Waals surface area contributed by atoms with Gasteiger partial charge in [0, 0.05) is 11.3 Å². The van der Waals surface area contributed by atoms with Gasteiger partial charge in [0.25, 0.3) is 0 Å². The Hall–Kier alpha value is -2.68. The molecule has 1 amide bonds. The first-order valence-electron chi connectivity index (χ1n) is 11.3. The van der Waals surface area contributed by atoms with E-state index in [0.29, 0.717) is 28.8 Å². The first-order valence-corrected chi connectivity index (χ1v) is 12.9. The molecule has 2 N–H and O–H groups in total. The average molecular weight is 538 g/mol. The maximum absolute atomic E-state index is 13.8. The summed E-state index contributed by atoms with van der Waals surface area (Å²) in [6, 6.07) is 15.5. The lowest BCUT2D eigenvalue weighted by Gasteiger charge is -2.17. The third kappa shape index (κ3) is 7.18. The maximum Gasteiger partial charge on any atom is 0.417 e. The van der Waals surface area contributed by atoms with Gasteiger partial charge in [-0.2, -0.15) is 13.2 Å². The van der Waals surface area contributed by atoms with Gasteiger partial charge in [-0.3, -0.25) is 4.79 Å². The second kappa shape index (κ2) is 11.6. The highest BCUT2D eigenvalue weighted by Gasteiger charge is 2.34. The van der Waals surface area contributed by atoms with E-state index in [1.165, 1.54) is 30.3 Å². The molecule has 2 unspecified atom stereocenters. The normalized spacial score (nSPS) is 13.5. The highest BCUT2D eigenvalue weighted by atomic mass is 35.5. The number of amides is 1. The number of rotatable bonds is 8. The zero-order chi connectivity index (χ0) is 26.6. The summed E-state index contributed by atoms with van der Waals surface area (Å²) in [4.78, 5) is 12.5. The lowest BCUT2D eigenvalue weighted by atomic mass is 9.94. The van der Waals surface area contributed by atoms with Crippen molar-refractivity contribution in [2.24, 2.45) is 5.92 Å². The molecule has 0 radical (unpaired) electrons. The van der Waals surface area contributed by atoms with Crippen LogP contribution in [0.25, 0.3) is 11.1 Å². The van der Waals surface area contributed by atoms with Crippen LogP contribution in [0, 0.1) is 5.92 Å². The first kappa shape index (κ1) is 27.9. The molecule has 0 heterocycles. The van der Waals surface area contributed by atoms with Gasteiger partial charge in [0.15, 0.2) is 11.1 Å². The van der Waals surface area contributed by atoms with Crippen molar-refractivity contribution >= 4 is 34.3 Å². The topological polar surface area (TPSA) is 66.4 Å². The Morgan fingerprint density at radius 1 is 0.972 bits per heavy atom. The third-order valence-corrected chi connectivity index (χ3v) is 6.88. The predicted molar refractivity (Wildman–Crippen MR) is 138 cm³/mol. The van der Waals surface area contributed by atoms with Gasteiger partial charge in [0.2, 0.25) is 5.91 Å². The molecule has 36 heavy (non-hydrogen) atoms. The van der Waals surface area contributed by atoms with Gasteiger partial charge in [-0.05, 0) is 59.7 Å². The van der Waals surface area contributed by atoms with E-state index in [2.05, 4.69) is 5.32 Å². The zero-order valence-electron chi connectivity index (χ0n) is 20.0. The quantitative estimate of drug-likeness (QED) is 0.289. The van der Waals surface area contributed by atoms with E-state index >= 15 is 0 Å². The minimum atomic E-state index is -4.54. The molecule has 0 aliphatic heterocycles. The Morgan fingerprint density at radius 2 is 1.58 bits per heavy atom. The number of anilines is 1. The van der Waals surface area contributed by atoms with E-state index in [0.717, 1.165) is 0 Å². The predicted octanol–water partition coefficient (Wildman–Crippen LogP) is 7.69. The molecule has 2 atom stereocenters. The number of nitrogens with one attached hydrogen (secondary N) is 1. The van der Waals surface area contributed by atoms with Crippen LogP contribution in [0.15, 0.2) is 60.7 Å². The Kier molecular flexibility index (Phi) is 8.98. The number of hydrogen-bond donors (Lipinski definition) is 2. The van der Waals surface area contributed by atoms with E-state index in [4.69, 9.17) is 11.6 Å². The van der Waals surface area contributed by atoms with Crippen LogP contribution in [0.2, 0.25) is 5.02 Å². The summed E-state index contributed by atoms with van der Waals surface area (Å²) in [6.45, 7) is 5.52.